The van der Waals surface area contributed by atoms with Gasteiger partial charge in [0.05, 0.1) is 5.92 Å². The Labute approximate surface area is 186 Å². The molecule has 4 heteroatoms. The van der Waals surface area contributed by atoms with Crippen LogP contribution in [-0.2, 0) is 9.53 Å². The highest BCUT2D eigenvalue weighted by molar-refractivity contribution is 5.72. The summed E-state index contributed by atoms with van der Waals surface area (Å²) in [5.41, 5.74) is 0.730. The first-order chi connectivity index (χ1) is 15.0. The highest BCUT2D eigenvalue weighted by Crippen LogP contribution is 2.42. The topological polar surface area (TPSA) is 26.3 Å². The van der Waals surface area contributed by atoms with Crippen LogP contribution in [0.4, 0.5) is 8.78 Å². The molecule has 0 bridgehead atoms. The minimum absolute atomic E-state index is 0.00612. The summed E-state index contributed by atoms with van der Waals surface area (Å²) in [5.74, 6) is 1.81. The molecule has 0 atom stereocenters. The number of hydrogen-bond donors (Lipinski definition) is 0. The fraction of sp³-hybridized carbons (Fsp3) is 0.741. The molecule has 3 fully saturated rings. The van der Waals surface area contributed by atoms with Gasteiger partial charge in [0.25, 0.3) is 0 Å². The van der Waals surface area contributed by atoms with Crippen LogP contribution >= 0.6 is 0 Å². The van der Waals surface area contributed by atoms with E-state index < -0.39 is 11.6 Å². The molecular weight excluding hydrogens is 394 g/mol. The molecule has 2 nitrogen and oxygen atoms in total. The highest BCUT2D eigenvalue weighted by Gasteiger charge is 2.34. The number of rotatable bonds is 5. The summed E-state index contributed by atoms with van der Waals surface area (Å²) in [6.45, 7) is 2.32. The van der Waals surface area contributed by atoms with E-state index in [1.807, 2.05) is 0 Å². The van der Waals surface area contributed by atoms with E-state index in [0.29, 0.717) is 0 Å². The molecule has 1 aromatic carbocycles. The van der Waals surface area contributed by atoms with E-state index in [1.54, 1.807) is 0 Å². The molecule has 0 amide bonds. The van der Waals surface area contributed by atoms with Crippen molar-refractivity contribution in [3.05, 3.63) is 35.4 Å². The minimum atomic E-state index is -0.516. The average Bonchev–Trinajstić information content (AvgIpc) is 2.79. The number of hydrogen-bond acceptors (Lipinski definition) is 2. The number of benzene rings is 1. The van der Waals surface area contributed by atoms with Gasteiger partial charge in [-0.05, 0) is 106 Å². The molecule has 0 saturated heterocycles. The number of halogens is 2. The maximum atomic E-state index is 13.5. The number of carbonyl (C=O) groups excluding carboxylic acids is 1. The maximum Gasteiger partial charge on any atom is 0.309 e. The number of esters is 1. The van der Waals surface area contributed by atoms with Gasteiger partial charge in [-0.15, -0.1) is 0 Å². The molecule has 0 heterocycles. The molecule has 0 aliphatic heterocycles. The first kappa shape index (κ1) is 22.7. The maximum absolute atomic E-state index is 13.5. The van der Waals surface area contributed by atoms with Gasteiger partial charge in [0, 0.05) is 6.07 Å². The summed E-state index contributed by atoms with van der Waals surface area (Å²) in [5, 5.41) is 0. The zero-order valence-corrected chi connectivity index (χ0v) is 19.0. The van der Waals surface area contributed by atoms with Gasteiger partial charge in [0.1, 0.15) is 17.7 Å². The standard InChI is InChI=1S/C27H38F2O2/c1-2-18-3-5-19(6-4-18)20-7-9-22(10-8-20)27(30)31-26-13-11-21(12-14-26)23-15-24(28)17-25(29)16-23/h15-22,26H,2-14H2,1H3. The number of ether oxygens (including phenoxy) is 1. The van der Waals surface area contributed by atoms with Crippen LogP contribution in [-0.4, -0.2) is 12.1 Å². The van der Waals surface area contributed by atoms with Crippen molar-refractivity contribution in [2.24, 2.45) is 23.7 Å². The van der Waals surface area contributed by atoms with Gasteiger partial charge in [0.2, 0.25) is 0 Å². The van der Waals surface area contributed by atoms with Crippen LogP contribution in [0.1, 0.15) is 102 Å². The van der Waals surface area contributed by atoms with E-state index in [0.717, 1.165) is 67.9 Å². The summed E-state index contributed by atoms with van der Waals surface area (Å²) in [6.07, 6.45) is 14.4. The van der Waals surface area contributed by atoms with Crippen molar-refractivity contribution in [2.75, 3.05) is 0 Å². The molecule has 0 N–H and O–H groups in total. The Morgan fingerprint density at radius 2 is 1.35 bits per heavy atom. The van der Waals surface area contributed by atoms with Crippen LogP contribution in [0, 0.1) is 35.3 Å². The van der Waals surface area contributed by atoms with Crippen molar-refractivity contribution in [1.29, 1.82) is 0 Å². The van der Waals surface area contributed by atoms with E-state index in [-0.39, 0.29) is 23.9 Å². The summed E-state index contributed by atoms with van der Waals surface area (Å²) >= 11 is 0. The van der Waals surface area contributed by atoms with Crippen LogP contribution in [0.15, 0.2) is 18.2 Å². The highest BCUT2D eigenvalue weighted by atomic mass is 19.1. The Hall–Kier alpha value is -1.45. The summed E-state index contributed by atoms with van der Waals surface area (Å²) < 4.78 is 32.9. The summed E-state index contributed by atoms with van der Waals surface area (Å²) in [7, 11) is 0. The molecule has 4 rings (SSSR count). The van der Waals surface area contributed by atoms with E-state index in [9.17, 15) is 13.6 Å². The average molecular weight is 433 g/mol. The largest absolute Gasteiger partial charge is 0.462 e. The van der Waals surface area contributed by atoms with Gasteiger partial charge in [-0.3, -0.25) is 4.79 Å². The van der Waals surface area contributed by atoms with E-state index in [2.05, 4.69) is 6.92 Å². The Balaban J connectivity index is 1.19. The Bertz CT molecular complexity index is 705. The minimum Gasteiger partial charge on any atom is -0.462 e. The molecular formula is C27H38F2O2. The molecule has 31 heavy (non-hydrogen) atoms. The monoisotopic (exact) mass is 432 g/mol. The first-order valence-corrected chi connectivity index (χ1v) is 12.7. The molecule has 172 valence electrons. The van der Waals surface area contributed by atoms with Crippen LogP contribution in [0.25, 0.3) is 0 Å². The lowest BCUT2D eigenvalue weighted by molar-refractivity contribution is -0.157. The van der Waals surface area contributed by atoms with Gasteiger partial charge in [0.15, 0.2) is 0 Å². The molecule has 3 aliphatic carbocycles. The lowest BCUT2D eigenvalue weighted by Crippen LogP contribution is -2.32. The van der Waals surface area contributed by atoms with Crippen molar-refractivity contribution in [1.82, 2.24) is 0 Å². The van der Waals surface area contributed by atoms with Crippen molar-refractivity contribution < 1.29 is 18.3 Å². The van der Waals surface area contributed by atoms with Gasteiger partial charge in [-0.1, -0.05) is 26.2 Å². The second-order valence-corrected chi connectivity index (χ2v) is 10.4. The van der Waals surface area contributed by atoms with Gasteiger partial charge < -0.3 is 4.74 Å². The zero-order valence-electron chi connectivity index (χ0n) is 19.0. The Morgan fingerprint density at radius 1 is 0.806 bits per heavy atom. The molecule has 0 spiro atoms. The van der Waals surface area contributed by atoms with Crippen LogP contribution in [0.3, 0.4) is 0 Å². The third-order valence-electron chi connectivity index (χ3n) is 8.55. The predicted octanol–water partition coefficient (Wildman–Crippen LogP) is 7.56. The lowest BCUT2D eigenvalue weighted by atomic mass is 9.69. The lowest BCUT2D eigenvalue weighted by Gasteiger charge is -2.37. The van der Waals surface area contributed by atoms with E-state index >= 15 is 0 Å². The SMILES string of the molecule is CCC1CCC(C2CCC(C(=O)OC3CCC(c4cc(F)cc(F)c4)CC3)CC2)CC1. The smallest absolute Gasteiger partial charge is 0.309 e. The second-order valence-electron chi connectivity index (χ2n) is 10.4. The normalized spacial score (nSPS) is 34.3. The zero-order chi connectivity index (χ0) is 21.8. The fourth-order valence-electron chi connectivity index (χ4n) is 6.48. The molecule has 0 radical (unpaired) electrons. The molecule has 0 unspecified atom stereocenters. The van der Waals surface area contributed by atoms with E-state index in [4.69, 9.17) is 4.74 Å². The predicted molar refractivity (Wildman–Crippen MR) is 119 cm³/mol. The third kappa shape index (κ3) is 5.87. The quantitative estimate of drug-likeness (QED) is 0.449. The van der Waals surface area contributed by atoms with Gasteiger partial charge >= 0.3 is 5.97 Å². The van der Waals surface area contributed by atoms with Crippen molar-refractivity contribution in [3.63, 3.8) is 0 Å². The molecule has 1 aromatic rings. The third-order valence-corrected chi connectivity index (χ3v) is 8.55. The van der Waals surface area contributed by atoms with Crippen LogP contribution < -0.4 is 0 Å². The molecule has 3 aliphatic rings. The molecule has 0 aromatic heterocycles. The fourth-order valence-corrected chi connectivity index (χ4v) is 6.48. The summed E-state index contributed by atoms with van der Waals surface area (Å²) in [4.78, 5) is 12.8. The Kier molecular flexibility index (Phi) is 7.66. The van der Waals surface area contributed by atoms with Crippen molar-refractivity contribution >= 4 is 5.97 Å². The van der Waals surface area contributed by atoms with Crippen molar-refractivity contribution in [2.45, 2.75) is 102 Å². The van der Waals surface area contributed by atoms with E-state index in [1.165, 1.54) is 57.1 Å². The second kappa shape index (κ2) is 10.4. The molecule has 3 saturated carbocycles. The Morgan fingerprint density at radius 3 is 1.90 bits per heavy atom. The van der Waals surface area contributed by atoms with Gasteiger partial charge in [-0.25, -0.2) is 8.78 Å². The first-order valence-electron chi connectivity index (χ1n) is 12.7. The van der Waals surface area contributed by atoms with Crippen LogP contribution in [0.5, 0.6) is 0 Å². The van der Waals surface area contributed by atoms with Crippen LogP contribution in [0.2, 0.25) is 0 Å². The van der Waals surface area contributed by atoms with Crippen molar-refractivity contribution in [3.8, 4) is 0 Å². The summed E-state index contributed by atoms with van der Waals surface area (Å²) in [6, 6.07) is 3.79. The van der Waals surface area contributed by atoms with Gasteiger partial charge in [-0.2, -0.15) is 0 Å². The number of carbonyl (C=O) groups is 1.